The maximum atomic E-state index is 11.7. The summed E-state index contributed by atoms with van der Waals surface area (Å²) in [7, 11) is 0. The molecule has 0 unspecified atom stereocenters. The van der Waals surface area contributed by atoms with Crippen LogP contribution >= 0.6 is 39.9 Å². The quantitative estimate of drug-likeness (QED) is 0.658. The van der Waals surface area contributed by atoms with Gasteiger partial charge < -0.3 is 10.1 Å². The summed E-state index contributed by atoms with van der Waals surface area (Å²) >= 11 is 9.66. The number of amides is 1. The Morgan fingerprint density at radius 2 is 2.32 bits per heavy atom. The zero-order chi connectivity index (χ0) is 13.8. The van der Waals surface area contributed by atoms with Gasteiger partial charge in [-0.1, -0.05) is 46.8 Å². The summed E-state index contributed by atoms with van der Waals surface area (Å²) in [6, 6.07) is 5.73. The number of halogens is 1. The van der Waals surface area contributed by atoms with E-state index in [0.29, 0.717) is 15.8 Å². The van der Waals surface area contributed by atoms with Crippen molar-refractivity contribution in [3.8, 4) is 5.75 Å². The van der Waals surface area contributed by atoms with E-state index in [-0.39, 0.29) is 5.91 Å². The van der Waals surface area contributed by atoms with Gasteiger partial charge in [0.2, 0.25) is 0 Å². The normalized spacial score (nSPS) is 16.8. The molecule has 0 bridgehead atoms. The summed E-state index contributed by atoms with van der Waals surface area (Å²) in [5.74, 6) is 0.611. The first-order valence-electron chi connectivity index (χ1n) is 5.77. The molecule has 1 aliphatic heterocycles. The van der Waals surface area contributed by atoms with E-state index in [0.717, 1.165) is 22.2 Å². The van der Waals surface area contributed by atoms with Crippen molar-refractivity contribution < 1.29 is 9.53 Å². The molecule has 1 N–H and O–H groups in total. The highest BCUT2D eigenvalue weighted by Crippen LogP contribution is 2.31. The summed E-state index contributed by atoms with van der Waals surface area (Å²) in [4.78, 5) is 12.2. The second-order valence-corrected chi connectivity index (χ2v) is 6.52. The van der Waals surface area contributed by atoms with Crippen molar-refractivity contribution in [2.24, 2.45) is 0 Å². The van der Waals surface area contributed by atoms with E-state index in [4.69, 9.17) is 17.0 Å². The largest absolute Gasteiger partial charge is 0.493 e. The molecule has 0 atom stereocenters. The van der Waals surface area contributed by atoms with E-state index >= 15 is 0 Å². The highest BCUT2D eigenvalue weighted by molar-refractivity contribution is 9.10. The van der Waals surface area contributed by atoms with Gasteiger partial charge in [0.15, 0.2) is 0 Å². The van der Waals surface area contributed by atoms with Crippen LogP contribution in [0.4, 0.5) is 0 Å². The Labute approximate surface area is 129 Å². The maximum absolute atomic E-state index is 11.7. The molecular weight excluding hydrogens is 346 g/mol. The summed E-state index contributed by atoms with van der Waals surface area (Å²) in [5.41, 5.74) is 0.866. The summed E-state index contributed by atoms with van der Waals surface area (Å²) < 4.78 is 7.10. The number of ether oxygens (including phenoxy) is 1. The first-order valence-corrected chi connectivity index (χ1v) is 7.79. The van der Waals surface area contributed by atoms with Crippen molar-refractivity contribution in [1.82, 2.24) is 5.32 Å². The van der Waals surface area contributed by atoms with Crippen LogP contribution < -0.4 is 10.1 Å². The molecule has 2 rings (SSSR count). The lowest BCUT2D eigenvalue weighted by atomic mass is 10.2. The molecule has 1 fully saturated rings. The molecule has 0 spiro atoms. The zero-order valence-corrected chi connectivity index (χ0v) is 13.5. The number of hydrogen-bond acceptors (Lipinski definition) is 4. The zero-order valence-electron chi connectivity index (χ0n) is 10.2. The Morgan fingerprint density at radius 1 is 1.53 bits per heavy atom. The lowest BCUT2D eigenvalue weighted by Crippen LogP contribution is -2.17. The first-order chi connectivity index (χ1) is 9.10. The van der Waals surface area contributed by atoms with Gasteiger partial charge >= 0.3 is 0 Å². The predicted octanol–water partition coefficient (Wildman–Crippen LogP) is 3.73. The monoisotopic (exact) mass is 357 g/mol. The van der Waals surface area contributed by atoms with Crippen molar-refractivity contribution >= 4 is 56.2 Å². The van der Waals surface area contributed by atoms with Crippen LogP contribution in [0.5, 0.6) is 5.75 Å². The number of hydrogen-bond donors (Lipinski definition) is 1. The molecule has 100 valence electrons. The first kappa shape index (κ1) is 14.6. The molecule has 6 heteroatoms. The molecule has 0 saturated carbocycles. The third-order valence-corrected chi connectivity index (χ3v) is 4.02. The number of rotatable bonds is 4. The summed E-state index contributed by atoms with van der Waals surface area (Å²) in [5, 5.41) is 2.60. The Bertz CT molecular complexity index is 558. The fraction of sp³-hybridized carbons (Fsp3) is 0.231. The number of carbonyl (C=O) groups excluding carboxylic acids is 1. The van der Waals surface area contributed by atoms with Gasteiger partial charge in [0.1, 0.15) is 10.1 Å². The van der Waals surface area contributed by atoms with E-state index in [1.54, 1.807) is 6.08 Å². The molecule has 0 aliphatic carbocycles. The highest BCUT2D eigenvalue weighted by Gasteiger charge is 2.22. The molecule has 3 nitrogen and oxygen atoms in total. The van der Waals surface area contributed by atoms with Crippen LogP contribution in [0.1, 0.15) is 18.9 Å². The smallest absolute Gasteiger partial charge is 0.263 e. The van der Waals surface area contributed by atoms with Gasteiger partial charge in [0.05, 0.1) is 11.5 Å². The number of nitrogens with one attached hydrogen (secondary N) is 1. The van der Waals surface area contributed by atoms with Crippen molar-refractivity contribution in [2.45, 2.75) is 13.3 Å². The van der Waals surface area contributed by atoms with Crippen LogP contribution in [-0.4, -0.2) is 16.8 Å². The van der Waals surface area contributed by atoms with Crippen LogP contribution in [0.25, 0.3) is 6.08 Å². The van der Waals surface area contributed by atoms with Crippen LogP contribution in [0.3, 0.4) is 0 Å². The predicted molar refractivity (Wildman–Crippen MR) is 86.2 cm³/mol. The molecule has 1 aromatic rings. The fourth-order valence-electron chi connectivity index (χ4n) is 1.54. The van der Waals surface area contributed by atoms with E-state index in [9.17, 15) is 4.79 Å². The number of thiocarbonyl (C=S) groups is 1. The number of thioether (sulfide) groups is 1. The SMILES string of the molecule is CCCOc1ccc(Br)cc1/C=C1\SC(=S)NC1=O. The molecule has 1 aliphatic rings. The Hall–Kier alpha value is -0.850. The Balaban J connectivity index is 2.32. The molecule has 1 amide bonds. The average molecular weight is 358 g/mol. The molecule has 1 heterocycles. The van der Waals surface area contributed by atoms with E-state index in [1.807, 2.05) is 18.2 Å². The lowest BCUT2D eigenvalue weighted by molar-refractivity contribution is -0.115. The van der Waals surface area contributed by atoms with Gasteiger partial charge in [-0.25, -0.2) is 0 Å². The van der Waals surface area contributed by atoms with E-state index in [1.165, 1.54) is 11.8 Å². The van der Waals surface area contributed by atoms with Crippen LogP contribution in [0.15, 0.2) is 27.6 Å². The van der Waals surface area contributed by atoms with Gasteiger partial charge in [-0.15, -0.1) is 0 Å². The molecule has 1 aromatic carbocycles. The number of benzene rings is 1. The van der Waals surface area contributed by atoms with Crippen molar-refractivity contribution in [3.63, 3.8) is 0 Å². The van der Waals surface area contributed by atoms with Gasteiger partial charge in [-0.05, 0) is 30.7 Å². The average Bonchev–Trinajstić information content (AvgIpc) is 2.67. The molecule has 0 aromatic heterocycles. The number of carbonyl (C=O) groups is 1. The topological polar surface area (TPSA) is 38.3 Å². The third kappa shape index (κ3) is 3.81. The lowest BCUT2D eigenvalue weighted by Gasteiger charge is -2.09. The molecule has 0 radical (unpaired) electrons. The van der Waals surface area contributed by atoms with Gasteiger partial charge in [0, 0.05) is 10.0 Å². The molecule has 19 heavy (non-hydrogen) atoms. The van der Waals surface area contributed by atoms with Crippen LogP contribution in [0.2, 0.25) is 0 Å². The maximum Gasteiger partial charge on any atom is 0.263 e. The third-order valence-electron chi connectivity index (χ3n) is 2.36. The minimum absolute atomic E-state index is 0.156. The van der Waals surface area contributed by atoms with E-state index < -0.39 is 0 Å². The van der Waals surface area contributed by atoms with Crippen molar-refractivity contribution in [1.29, 1.82) is 0 Å². The summed E-state index contributed by atoms with van der Waals surface area (Å²) in [6.07, 6.45) is 2.74. The Morgan fingerprint density at radius 3 is 2.95 bits per heavy atom. The second kappa shape index (κ2) is 6.54. The van der Waals surface area contributed by atoms with Crippen LogP contribution in [0, 0.1) is 0 Å². The van der Waals surface area contributed by atoms with Crippen molar-refractivity contribution in [3.05, 3.63) is 33.1 Å². The standard InChI is InChI=1S/C13H12BrNO2S2/c1-2-5-17-10-4-3-9(14)6-8(10)7-11-12(16)15-13(18)19-11/h3-4,6-7H,2,5H2,1H3,(H,15,16,18)/b11-7-. The minimum atomic E-state index is -0.156. The van der Waals surface area contributed by atoms with Crippen LogP contribution in [-0.2, 0) is 4.79 Å². The Kier molecular flexibility index (Phi) is 5.01. The summed E-state index contributed by atoms with van der Waals surface area (Å²) in [6.45, 7) is 2.70. The highest BCUT2D eigenvalue weighted by atomic mass is 79.9. The van der Waals surface area contributed by atoms with Crippen molar-refractivity contribution in [2.75, 3.05) is 6.61 Å². The van der Waals surface area contributed by atoms with Gasteiger partial charge in [-0.3, -0.25) is 4.79 Å². The molecular formula is C13H12BrNO2S2. The molecule has 1 saturated heterocycles. The van der Waals surface area contributed by atoms with Gasteiger partial charge in [-0.2, -0.15) is 0 Å². The van der Waals surface area contributed by atoms with Gasteiger partial charge in [0.25, 0.3) is 5.91 Å². The fourth-order valence-corrected chi connectivity index (χ4v) is 2.95. The van der Waals surface area contributed by atoms with E-state index in [2.05, 4.69) is 28.2 Å². The minimum Gasteiger partial charge on any atom is -0.493 e. The second-order valence-electron chi connectivity index (χ2n) is 3.88.